The van der Waals surface area contributed by atoms with Gasteiger partial charge in [-0.2, -0.15) is 10.1 Å². The summed E-state index contributed by atoms with van der Waals surface area (Å²) in [5.41, 5.74) is 1.00. The van der Waals surface area contributed by atoms with Crippen molar-refractivity contribution >= 4 is 28.5 Å². The lowest BCUT2D eigenvalue weighted by atomic mass is 9.85. The van der Waals surface area contributed by atoms with Gasteiger partial charge in [-0.3, -0.25) is 9.59 Å². The fourth-order valence-electron chi connectivity index (χ4n) is 4.44. The summed E-state index contributed by atoms with van der Waals surface area (Å²) in [6.45, 7) is 0.873. The number of Topliss-reactive ketones (excluding diaryl/α,β-unsaturated/α-hetero) is 1. The zero-order valence-corrected chi connectivity index (χ0v) is 16.7. The SMILES string of the molecule is O=C1CCN(C(=O)[C@H]2CC[C@H](Nc3nccc(-n4ncc5ccccc54)n3)CC2)C1. The smallest absolute Gasteiger partial charge is 0.226 e. The summed E-state index contributed by atoms with van der Waals surface area (Å²) in [7, 11) is 0. The number of carbonyl (C=O) groups is 2. The van der Waals surface area contributed by atoms with Crippen molar-refractivity contribution in [3.8, 4) is 5.82 Å². The summed E-state index contributed by atoms with van der Waals surface area (Å²) in [5.74, 6) is 1.63. The average molecular weight is 404 g/mol. The first-order valence-electron chi connectivity index (χ1n) is 10.5. The topological polar surface area (TPSA) is 93.0 Å². The molecule has 1 amide bonds. The molecule has 2 aliphatic rings. The van der Waals surface area contributed by atoms with E-state index in [2.05, 4.69) is 20.4 Å². The van der Waals surface area contributed by atoms with Crippen LogP contribution in [0.1, 0.15) is 32.1 Å². The Morgan fingerprint density at radius 3 is 2.73 bits per heavy atom. The molecule has 0 atom stereocenters. The molecule has 1 saturated heterocycles. The van der Waals surface area contributed by atoms with Crippen molar-refractivity contribution in [2.45, 2.75) is 38.1 Å². The molecule has 2 fully saturated rings. The highest BCUT2D eigenvalue weighted by Gasteiger charge is 2.32. The monoisotopic (exact) mass is 404 g/mol. The van der Waals surface area contributed by atoms with Gasteiger partial charge in [0.2, 0.25) is 11.9 Å². The molecule has 0 spiro atoms. The summed E-state index contributed by atoms with van der Waals surface area (Å²) in [4.78, 5) is 34.8. The molecule has 8 nitrogen and oxygen atoms in total. The predicted molar refractivity (Wildman–Crippen MR) is 112 cm³/mol. The molecule has 1 aliphatic heterocycles. The number of carbonyl (C=O) groups excluding carboxylic acids is 2. The van der Waals surface area contributed by atoms with Crippen molar-refractivity contribution in [3.63, 3.8) is 0 Å². The van der Waals surface area contributed by atoms with E-state index in [1.165, 1.54) is 0 Å². The Hall–Kier alpha value is -3.29. The van der Waals surface area contributed by atoms with Gasteiger partial charge in [-0.1, -0.05) is 18.2 Å². The Labute approximate surface area is 174 Å². The second-order valence-electron chi connectivity index (χ2n) is 8.09. The molecular formula is C22H24N6O2. The average Bonchev–Trinajstić information content (AvgIpc) is 3.40. The number of hydrogen-bond acceptors (Lipinski definition) is 6. The maximum atomic E-state index is 12.6. The van der Waals surface area contributed by atoms with Crippen LogP contribution in [0.2, 0.25) is 0 Å². The number of hydrogen-bond donors (Lipinski definition) is 1. The van der Waals surface area contributed by atoms with Gasteiger partial charge < -0.3 is 10.2 Å². The Bertz CT molecular complexity index is 1090. The lowest BCUT2D eigenvalue weighted by Crippen LogP contribution is -2.38. The lowest BCUT2D eigenvalue weighted by molar-refractivity contribution is -0.136. The summed E-state index contributed by atoms with van der Waals surface area (Å²) in [6, 6.07) is 10.1. The van der Waals surface area contributed by atoms with Crippen LogP contribution in [0.3, 0.4) is 0 Å². The van der Waals surface area contributed by atoms with E-state index in [1.54, 1.807) is 11.1 Å². The molecule has 0 bridgehead atoms. The quantitative estimate of drug-likeness (QED) is 0.718. The van der Waals surface area contributed by atoms with Gasteiger partial charge >= 0.3 is 0 Å². The molecule has 1 N–H and O–H groups in total. The molecule has 1 aromatic carbocycles. The van der Waals surface area contributed by atoms with Gasteiger partial charge in [0.05, 0.1) is 18.3 Å². The van der Waals surface area contributed by atoms with E-state index in [0.29, 0.717) is 25.5 Å². The number of aromatic nitrogens is 4. The van der Waals surface area contributed by atoms with Crippen LogP contribution in [0.15, 0.2) is 42.7 Å². The van der Waals surface area contributed by atoms with E-state index in [-0.39, 0.29) is 23.7 Å². The van der Waals surface area contributed by atoms with Crippen molar-refractivity contribution in [2.24, 2.45) is 5.92 Å². The van der Waals surface area contributed by atoms with Gasteiger partial charge in [-0.05, 0) is 31.7 Å². The number of likely N-dealkylation sites (tertiary alicyclic amines) is 1. The molecule has 1 saturated carbocycles. The molecule has 3 heterocycles. The normalized spacial score (nSPS) is 21.9. The van der Waals surface area contributed by atoms with Gasteiger partial charge in [0, 0.05) is 42.6 Å². The second kappa shape index (κ2) is 7.85. The first-order valence-corrected chi connectivity index (χ1v) is 10.5. The number of benzene rings is 1. The predicted octanol–water partition coefficient (Wildman–Crippen LogP) is 2.59. The van der Waals surface area contributed by atoms with E-state index < -0.39 is 0 Å². The molecular weight excluding hydrogens is 380 g/mol. The van der Waals surface area contributed by atoms with Gasteiger partial charge in [-0.25, -0.2) is 9.67 Å². The van der Waals surface area contributed by atoms with E-state index >= 15 is 0 Å². The zero-order valence-electron chi connectivity index (χ0n) is 16.7. The van der Waals surface area contributed by atoms with Crippen molar-refractivity contribution < 1.29 is 9.59 Å². The number of fused-ring (bicyclic) bond motifs is 1. The number of rotatable bonds is 4. The molecule has 8 heteroatoms. The molecule has 154 valence electrons. The maximum Gasteiger partial charge on any atom is 0.226 e. The van der Waals surface area contributed by atoms with Gasteiger partial charge in [0.25, 0.3) is 0 Å². The molecule has 1 aliphatic carbocycles. The highest BCUT2D eigenvalue weighted by Crippen LogP contribution is 2.28. The Morgan fingerprint density at radius 1 is 1.10 bits per heavy atom. The van der Waals surface area contributed by atoms with Crippen LogP contribution in [-0.2, 0) is 9.59 Å². The molecule has 5 rings (SSSR count). The van der Waals surface area contributed by atoms with E-state index in [4.69, 9.17) is 0 Å². The number of anilines is 1. The van der Waals surface area contributed by atoms with E-state index in [1.807, 2.05) is 41.2 Å². The van der Waals surface area contributed by atoms with Crippen LogP contribution in [0, 0.1) is 5.92 Å². The van der Waals surface area contributed by atoms with Crippen molar-refractivity contribution in [3.05, 3.63) is 42.7 Å². The van der Waals surface area contributed by atoms with Crippen LogP contribution < -0.4 is 5.32 Å². The third-order valence-corrected chi connectivity index (χ3v) is 6.08. The van der Waals surface area contributed by atoms with Gasteiger partial charge in [0.1, 0.15) is 0 Å². The Kier molecular flexibility index (Phi) is 4.90. The van der Waals surface area contributed by atoms with Crippen molar-refractivity contribution in [1.82, 2.24) is 24.6 Å². The van der Waals surface area contributed by atoms with Crippen molar-refractivity contribution in [1.29, 1.82) is 0 Å². The molecule has 2 aromatic heterocycles. The Morgan fingerprint density at radius 2 is 1.93 bits per heavy atom. The van der Waals surface area contributed by atoms with Crippen molar-refractivity contribution in [2.75, 3.05) is 18.4 Å². The number of para-hydroxylation sites is 1. The third kappa shape index (κ3) is 3.65. The van der Waals surface area contributed by atoms with Crippen LogP contribution >= 0.6 is 0 Å². The van der Waals surface area contributed by atoms with Crippen LogP contribution in [0.5, 0.6) is 0 Å². The second-order valence-corrected chi connectivity index (χ2v) is 8.09. The number of ketones is 1. The maximum absolute atomic E-state index is 12.6. The zero-order chi connectivity index (χ0) is 20.5. The standard InChI is InChI=1S/C22H24N6O2/c29-18-10-12-27(14-18)21(30)15-5-7-17(8-6-15)25-22-23-11-9-20(26-22)28-19-4-2-1-3-16(19)13-24-28/h1-4,9,11,13,15,17H,5-8,10,12,14H2,(H,23,25,26)/t15-,17-. The lowest BCUT2D eigenvalue weighted by Gasteiger charge is -2.30. The van der Waals surface area contributed by atoms with E-state index in [9.17, 15) is 9.59 Å². The van der Waals surface area contributed by atoms with Crippen LogP contribution in [0.4, 0.5) is 5.95 Å². The third-order valence-electron chi connectivity index (χ3n) is 6.08. The minimum Gasteiger partial charge on any atom is -0.351 e. The summed E-state index contributed by atoms with van der Waals surface area (Å²) in [6.07, 6.45) is 7.49. The minimum absolute atomic E-state index is 0.0247. The minimum atomic E-state index is 0.0247. The summed E-state index contributed by atoms with van der Waals surface area (Å²) in [5, 5.41) is 8.95. The Balaban J connectivity index is 1.23. The van der Waals surface area contributed by atoms with Gasteiger partial charge in [-0.15, -0.1) is 0 Å². The highest BCUT2D eigenvalue weighted by molar-refractivity contribution is 5.90. The summed E-state index contributed by atoms with van der Waals surface area (Å²) < 4.78 is 1.81. The van der Waals surface area contributed by atoms with Crippen LogP contribution in [0.25, 0.3) is 16.7 Å². The fraction of sp³-hybridized carbons (Fsp3) is 0.409. The molecule has 3 aromatic rings. The largest absolute Gasteiger partial charge is 0.351 e. The molecule has 30 heavy (non-hydrogen) atoms. The number of nitrogens with zero attached hydrogens (tertiary/aromatic N) is 5. The fourth-order valence-corrected chi connectivity index (χ4v) is 4.44. The van der Waals surface area contributed by atoms with E-state index in [0.717, 1.165) is 42.4 Å². The first kappa shape index (κ1) is 18.7. The first-order chi connectivity index (χ1) is 14.7. The van der Waals surface area contributed by atoms with Gasteiger partial charge in [0.15, 0.2) is 11.6 Å². The number of nitrogens with one attached hydrogen (secondary N) is 1. The molecule has 0 radical (unpaired) electrons. The number of amides is 1. The summed E-state index contributed by atoms with van der Waals surface area (Å²) >= 11 is 0. The van der Waals surface area contributed by atoms with Crippen LogP contribution in [-0.4, -0.2) is 55.5 Å². The molecule has 0 unspecified atom stereocenters. The highest BCUT2D eigenvalue weighted by atomic mass is 16.2.